The maximum Gasteiger partial charge on any atom is 0.123 e. The summed E-state index contributed by atoms with van der Waals surface area (Å²) in [6, 6.07) is 11.6. The van der Waals surface area contributed by atoms with Gasteiger partial charge in [0, 0.05) is 21.2 Å². The fraction of sp³-hybridized carbons (Fsp3) is 0.143. The molecule has 0 radical (unpaired) electrons. The number of benzene rings is 2. The van der Waals surface area contributed by atoms with Gasteiger partial charge in [0.1, 0.15) is 5.82 Å². The molecule has 1 unspecified atom stereocenters. The molecular formula is C14H12Br2FNO. The topological polar surface area (TPSA) is 32.3 Å². The van der Waals surface area contributed by atoms with Crippen LogP contribution in [0.1, 0.15) is 11.7 Å². The highest BCUT2D eigenvalue weighted by Crippen LogP contribution is 2.26. The average Bonchev–Trinajstić information content (AvgIpc) is 2.38. The monoisotopic (exact) mass is 387 g/mol. The van der Waals surface area contributed by atoms with Crippen LogP contribution < -0.4 is 5.32 Å². The van der Waals surface area contributed by atoms with E-state index in [1.165, 1.54) is 12.1 Å². The minimum Gasteiger partial charge on any atom is -0.387 e. The third-order valence-electron chi connectivity index (χ3n) is 2.67. The molecule has 0 saturated carbocycles. The molecule has 2 aromatic carbocycles. The van der Waals surface area contributed by atoms with Crippen molar-refractivity contribution in [3.63, 3.8) is 0 Å². The number of rotatable bonds is 4. The van der Waals surface area contributed by atoms with E-state index in [0.29, 0.717) is 12.1 Å². The molecule has 2 N–H and O–H groups in total. The van der Waals surface area contributed by atoms with Crippen molar-refractivity contribution in [3.05, 3.63) is 62.8 Å². The van der Waals surface area contributed by atoms with Crippen LogP contribution >= 0.6 is 31.9 Å². The first-order chi connectivity index (χ1) is 9.06. The first-order valence-corrected chi connectivity index (χ1v) is 7.27. The lowest BCUT2D eigenvalue weighted by molar-refractivity contribution is 0.191. The van der Waals surface area contributed by atoms with Crippen molar-refractivity contribution in [2.45, 2.75) is 6.10 Å². The van der Waals surface area contributed by atoms with Gasteiger partial charge in [0.25, 0.3) is 0 Å². The minimum atomic E-state index is -0.684. The Balaban J connectivity index is 2.00. The Labute approximate surface area is 127 Å². The van der Waals surface area contributed by atoms with Gasteiger partial charge in [-0.05, 0) is 51.8 Å². The predicted octanol–water partition coefficient (Wildman–Crippen LogP) is 4.50. The SMILES string of the molecule is OC(CNc1ccc(Br)cc1Br)c1ccc(F)cc1. The summed E-state index contributed by atoms with van der Waals surface area (Å²) in [6.07, 6.45) is -0.684. The maximum atomic E-state index is 12.8. The van der Waals surface area contributed by atoms with E-state index in [9.17, 15) is 9.50 Å². The molecule has 0 saturated heterocycles. The molecule has 0 aromatic heterocycles. The standard InChI is InChI=1S/C14H12Br2FNO/c15-10-3-6-13(12(16)7-10)18-8-14(19)9-1-4-11(17)5-2-9/h1-7,14,18-19H,8H2. The minimum absolute atomic E-state index is 0.306. The summed E-state index contributed by atoms with van der Waals surface area (Å²) in [7, 11) is 0. The molecule has 2 nitrogen and oxygen atoms in total. The second kappa shape index (κ2) is 6.50. The first-order valence-electron chi connectivity index (χ1n) is 5.69. The fourth-order valence-electron chi connectivity index (χ4n) is 1.64. The van der Waals surface area contributed by atoms with Gasteiger partial charge in [0.2, 0.25) is 0 Å². The van der Waals surface area contributed by atoms with Gasteiger partial charge >= 0.3 is 0 Å². The van der Waals surface area contributed by atoms with Crippen molar-refractivity contribution >= 4 is 37.5 Å². The Morgan fingerprint density at radius 3 is 2.42 bits per heavy atom. The van der Waals surface area contributed by atoms with Crippen LogP contribution in [-0.4, -0.2) is 11.7 Å². The van der Waals surface area contributed by atoms with Gasteiger partial charge in [-0.1, -0.05) is 28.1 Å². The number of aliphatic hydroxyl groups excluding tert-OH is 1. The van der Waals surface area contributed by atoms with Gasteiger partial charge in [-0.25, -0.2) is 4.39 Å². The summed E-state index contributed by atoms with van der Waals surface area (Å²) < 4.78 is 14.7. The van der Waals surface area contributed by atoms with Gasteiger partial charge in [-0.2, -0.15) is 0 Å². The summed E-state index contributed by atoms with van der Waals surface area (Å²) in [5.74, 6) is -0.306. The lowest BCUT2D eigenvalue weighted by Crippen LogP contribution is -2.12. The first kappa shape index (κ1) is 14.5. The van der Waals surface area contributed by atoms with Crippen molar-refractivity contribution < 1.29 is 9.50 Å². The Kier molecular flexibility index (Phi) is 4.96. The number of hydrogen-bond acceptors (Lipinski definition) is 2. The molecule has 19 heavy (non-hydrogen) atoms. The van der Waals surface area contributed by atoms with Crippen LogP contribution in [0.2, 0.25) is 0 Å². The molecule has 0 amide bonds. The van der Waals surface area contributed by atoms with Crippen LogP contribution in [0.15, 0.2) is 51.4 Å². The smallest absolute Gasteiger partial charge is 0.123 e. The lowest BCUT2D eigenvalue weighted by Gasteiger charge is -2.14. The molecule has 0 heterocycles. The van der Waals surface area contributed by atoms with Crippen LogP contribution in [0.25, 0.3) is 0 Å². The summed E-state index contributed by atoms with van der Waals surface area (Å²) >= 11 is 6.82. The van der Waals surface area contributed by atoms with Crippen molar-refractivity contribution in [2.24, 2.45) is 0 Å². The number of hydrogen-bond donors (Lipinski definition) is 2. The molecule has 100 valence electrons. The van der Waals surface area contributed by atoms with Gasteiger partial charge in [-0.3, -0.25) is 0 Å². The molecule has 0 fully saturated rings. The summed E-state index contributed by atoms with van der Waals surface area (Å²) in [6.45, 7) is 0.353. The largest absolute Gasteiger partial charge is 0.387 e. The predicted molar refractivity (Wildman–Crippen MR) is 81.7 cm³/mol. The van der Waals surface area contributed by atoms with Crippen molar-refractivity contribution in [3.8, 4) is 0 Å². The molecule has 5 heteroatoms. The lowest BCUT2D eigenvalue weighted by atomic mass is 10.1. The van der Waals surface area contributed by atoms with Crippen molar-refractivity contribution in [1.29, 1.82) is 0 Å². The third-order valence-corrected chi connectivity index (χ3v) is 3.82. The van der Waals surface area contributed by atoms with Gasteiger partial charge in [0.15, 0.2) is 0 Å². The second-order valence-electron chi connectivity index (χ2n) is 4.07. The van der Waals surface area contributed by atoms with E-state index in [-0.39, 0.29) is 5.82 Å². The summed E-state index contributed by atoms with van der Waals surface area (Å²) in [5.41, 5.74) is 1.58. The number of nitrogens with one attached hydrogen (secondary N) is 1. The maximum absolute atomic E-state index is 12.8. The highest BCUT2D eigenvalue weighted by Gasteiger charge is 2.08. The molecule has 0 aliphatic carbocycles. The highest BCUT2D eigenvalue weighted by atomic mass is 79.9. The van der Waals surface area contributed by atoms with Crippen LogP contribution in [0.4, 0.5) is 10.1 Å². The van der Waals surface area contributed by atoms with E-state index < -0.39 is 6.10 Å². The quantitative estimate of drug-likeness (QED) is 0.808. The molecule has 2 aromatic rings. The van der Waals surface area contributed by atoms with Crippen LogP contribution in [0.5, 0.6) is 0 Å². The Hall–Kier alpha value is -0.910. The summed E-state index contributed by atoms with van der Waals surface area (Å²) in [5, 5.41) is 13.2. The van der Waals surface area contributed by atoms with Gasteiger partial charge in [0.05, 0.1) is 6.10 Å². The molecule has 0 aliphatic heterocycles. The second-order valence-corrected chi connectivity index (χ2v) is 5.84. The third kappa shape index (κ3) is 4.03. The normalized spacial score (nSPS) is 12.2. The number of aliphatic hydroxyl groups is 1. The Morgan fingerprint density at radius 1 is 1.11 bits per heavy atom. The van der Waals surface area contributed by atoms with E-state index in [0.717, 1.165) is 14.6 Å². The molecule has 0 spiro atoms. The van der Waals surface area contributed by atoms with E-state index in [1.54, 1.807) is 12.1 Å². The highest BCUT2D eigenvalue weighted by molar-refractivity contribution is 9.11. The number of halogens is 3. The zero-order valence-electron chi connectivity index (χ0n) is 9.91. The molecular weight excluding hydrogens is 377 g/mol. The van der Waals surface area contributed by atoms with Crippen LogP contribution in [0, 0.1) is 5.82 Å². The zero-order valence-corrected chi connectivity index (χ0v) is 13.1. The fourth-order valence-corrected chi connectivity index (χ4v) is 2.83. The van der Waals surface area contributed by atoms with Crippen molar-refractivity contribution in [1.82, 2.24) is 0 Å². The molecule has 0 bridgehead atoms. The van der Waals surface area contributed by atoms with Crippen molar-refractivity contribution in [2.75, 3.05) is 11.9 Å². The molecule has 2 rings (SSSR count). The summed E-state index contributed by atoms with van der Waals surface area (Å²) in [4.78, 5) is 0. The van der Waals surface area contributed by atoms with E-state index in [1.807, 2.05) is 18.2 Å². The average molecular weight is 389 g/mol. The van der Waals surface area contributed by atoms with Crippen LogP contribution in [-0.2, 0) is 0 Å². The Morgan fingerprint density at radius 2 is 1.79 bits per heavy atom. The molecule has 1 atom stereocenters. The van der Waals surface area contributed by atoms with E-state index in [2.05, 4.69) is 37.2 Å². The number of anilines is 1. The van der Waals surface area contributed by atoms with Crippen LogP contribution in [0.3, 0.4) is 0 Å². The molecule has 0 aliphatic rings. The van der Waals surface area contributed by atoms with Gasteiger partial charge < -0.3 is 10.4 Å². The van der Waals surface area contributed by atoms with E-state index in [4.69, 9.17) is 0 Å². The Bertz CT molecular complexity index is 560. The zero-order chi connectivity index (χ0) is 13.8. The van der Waals surface area contributed by atoms with Gasteiger partial charge in [-0.15, -0.1) is 0 Å². The van der Waals surface area contributed by atoms with E-state index >= 15 is 0 Å².